The van der Waals surface area contributed by atoms with E-state index in [0.29, 0.717) is 0 Å². The number of cyclic esters (lactones) is 2. The van der Waals surface area contributed by atoms with Crippen molar-refractivity contribution in [3.63, 3.8) is 0 Å². The highest BCUT2D eigenvalue weighted by Gasteiger charge is 2.32. The Bertz CT molecular complexity index is 831. The summed E-state index contributed by atoms with van der Waals surface area (Å²) >= 11 is 0. The van der Waals surface area contributed by atoms with Gasteiger partial charge in [0.05, 0.1) is 16.7 Å². The summed E-state index contributed by atoms with van der Waals surface area (Å²) in [5.41, 5.74) is 2.04. The molecule has 1 aliphatic heterocycles. The van der Waals surface area contributed by atoms with E-state index in [2.05, 4.69) is 4.74 Å². The van der Waals surface area contributed by atoms with Crippen LogP contribution in [-0.4, -0.2) is 23.0 Å². The molecule has 0 unspecified atom stereocenters. The van der Waals surface area contributed by atoms with Crippen LogP contribution in [-0.2, 0) is 10.2 Å². The highest BCUT2D eigenvalue weighted by atomic mass is 16.6. The van der Waals surface area contributed by atoms with Gasteiger partial charge in [-0.05, 0) is 35.4 Å². The van der Waals surface area contributed by atoms with E-state index in [4.69, 9.17) is 5.11 Å². The van der Waals surface area contributed by atoms with Crippen LogP contribution in [0.1, 0.15) is 56.0 Å². The first-order valence-electron chi connectivity index (χ1n) is 7.05. The maximum Gasteiger partial charge on any atom is 0.346 e. The van der Waals surface area contributed by atoms with Crippen molar-refractivity contribution in [2.24, 2.45) is 0 Å². The first-order valence-corrected chi connectivity index (χ1v) is 7.05. The Labute approximate surface area is 132 Å². The standard InChI is InChI=1S/C18H14O5/c1-18(2,11-5-3-10(4-6-11)15(19)20)12-7-8-13-14(9-12)17(22)23-16(13)21/h3-9H,1-2H3,(H,19,20). The molecule has 0 saturated carbocycles. The highest BCUT2D eigenvalue weighted by Crippen LogP contribution is 2.34. The molecule has 2 aromatic rings. The van der Waals surface area contributed by atoms with E-state index in [-0.39, 0.29) is 16.7 Å². The molecule has 0 aliphatic carbocycles. The Morgan fingerprint density at radius 1 is 0.913 bits per heavy atom. The molecule has 23 heavy (non-hydrogen) atoms. The third kappa shape index (κ3) is 2.40. The first kappa shape index (κ1) is 15.0. The number of fused-ring (bicyclic) bond motifs is 1. The number of carbonyl (C=O) groups is 3. The van der Waals surface area contributed by atoms with E-state index in [9.17, 15) is 14.4 Å². The lowest BCUT2D eigenvalue weighted by Gasteiger charge is -2.26. The van der Waals surface area contributed by atoms with Crippen LogP contribution >= 0.6 is 0 Å². The summed E-state index contributed by atoms with van der Waals surface area (Å²) in [6.45, 7) is 3.93. The molecule has 5 heteroatoms. The van der Waals surface area contributed by atoms with Crippen molar-refractivity contribution in [1.82, 2.24) is 0 Å². The molecule has 0 saturated heterocycles. The van der Waals surface area contributed by atoms with Crippen LogP contribution in [0.4, 0.5) is 0 Å². The van der Waals surface area contributed by atoms with Gasteiger partial charge in [-0.3, -0.25) is 0 Å². The summed E-state index contributed by atoms with van der Waals surface area (Å²) in [7, 11) is 0. The minimum atomic E-state index is -0.979. The molecule has 0 spiro atoms. The van der Waals surface area contributed by atoms with Gasteiger partial charge in [0.15, 0.2) is 0 Å². The van der Waals surface area contributed by atoms with E-state index in [1.165, 1.54) is 0 Å². The van der Waals surface area contributed by atoms with Crippen molar-refractivity contribution in [2.45, 2.75) is 19.3 Å². The lowest BCUT2D eigenvalue weighted by Crippen LogP contribution is -2.19. The number of rotatable bonds is 3. The Balaban J connectivity index is 2.03. The van der Waals surface area contributed by atoms with Crippen LogP contribution in [0.3, 0.4) is 0 Å². The van der Waals surface area contributed by atoms with Crippen molar-refractivity contribution >= 4 is 17.9 Å². The molecular formula is C18H14O5. The summed E-state index contributed by atoms with van der Waals surface area (Å²) in [5, 5.41) is 8.97. The third-order valence-corrected chi connectivity index (χ3v) is 4.22. The lowest BCUT2D eigenvalue weighted by molar-refractivity contribution is 0.0443. The van der Waals surface area contributed by atoms with E-state index >= 15 is 0 Å². The van der Waals surface area contributed by atoms with Crippen LogP contribution in [0.25, 0.3) is 0 Å². The van der Waals surface area contributed by atoms with E-state index in [0.717, 1.165) is 11.1 Å². The van der Waals surface area contributed by atoms with Gasteiger partial charge in [0.2, 0.25) is 0 Å². The summed E-state index contributed by atoms with van der Waals surface area (Å²) in [5.74, 6) is -2.24. The number of hydrogen-bond donors (Lipinski definition) is 1. The molecule has 0 aromatic heterocycles. The number of carbonyl (C=O) groups excluding carboxylic acids is 2. The van der Waals surface area contributed by atoms with Crippen molar-refractivity contribution in [1.29, 1.82) is 0 Å². The second-order valence-corrected chi connectivity index (χ2v) is 5.94. The Morgan fingerprint density at radius 3 is 2.09 bits per heavy atom. The zero-order chi connectivity index (χ0) is 16.8. The van der Waals surface area contributed by atoms with Gasteiger partial charge in [-0.1, -0.05) is 32.0 Å². The lowest BCUT2D eigenvalue weighted by atomic mass is 9.77. The SMILES string of the molecule is CC(C)(c1ccc(C(=O)O)cc1)c1ccc2c(c1)C(=O)OC2=O. The number of hydrogen-bond acceptors (Lipinski definition) is 4. The number of carboxylic acid groups (broad SMARTS) is 1. The summed E-state index contributed by atoms with van der Waals surface area (Å²) in [4.78, 5) is 34.2. The molecule has 1 N–H and O–H groups in total. The van der Waals surface area contributed by atoms with Crippen molar-refractivity contribution in [2.75, 3.05) is 0 Å². The predicted molar refractivity (Wildman–Crippen MR) is 81.7 cm³/mol. The van der Waals surface area contributed by atoms with Crippen LogP contribution in [0.2, 0.25) is 0 Å². The van der Waals surface area contributed by atoms with Crippen LogP contribution in [0.5, 0.6) is 0 Å². The average molecular weight is 310 g/mol. The quantitative estimate of drug-likeness (QED) is 0.696. The topological polar surface area (TPSA) is 80.7 Å². The Hall–Kier alpha value is -2.95. The summed E-state index contributed by atoms with van der Waals surface area (Å²) in [6, 6.07) is 11.6. The molecule has 3 rings (SSSR count). The summed E-state index contributed by atoms with van der Waals surface area (Å²) < 4.78 is 4.60. The van der Waals surface area contributed by atoms with E-state index < -0.39 is 23.3 Å². The molecule has 1 heterocycles. The zero-order valence-corrected chi connectivity index (χ0v) is 12.6. The van der Waals surface area contributed by atoms with E-state index in [1.807, 2.05) is 13.8 Å². The van der Waals surface area contributed by atoms with Crippen molar-refractivity contribution < 1.29 is 24.2 Å². The Morgan fingerprint density at radius 2 is 1.48 bits per heavy atom. The fourth-order valence-electron chi connectivity index (χ4n) is 2.67. The smallest absolute Gasteiger partial charge is 0.346 e. The second kappa shape index (κ2) is 5.05. The number of esters is 2. The van der Waals surface area contributed by atoms with Gasteiger partial charge in [-0.25, -0.2) is 14.4 Å². The number of benzene rings is 2. The molecular weight excluding hydrogens is 296 g/mol. The number of ether oxygens (including phenoxy) is 1. The van der Waals surface area contributed by atoms with Gasteiger partial charge in [-0.15, -0.1) is 0 Å². The van der Waals surface area contributed by atoms with Crippen LogP contribution < -0.4 is 0 Å². The summed E-state index contributed by atoms with van der Waals surface area (Å²) in [6.07, 6.45) is 0. The molecule has 116 valence electrons. The van der Waals surface area contributed by atoms with Gasteiger partial charge >= 0.3 is 17.9 Å². The molecule has 0 fully saturated rings. The van der Waals surface area contributed by atoms with Gasteiger partial charge in [-0.2, -0.15) is 0 Å². The number of aromatic carboxylic acids is 1. The third-order valence-electron chi connectivity index (χ3n) is 4.22. The van der Waals surface area contributed by atoms with Gasteiger partial charge < -0.3 is 9.84 Å². The Kier molecular flexibility index (Phi) is 3.29. The van der Waals surface area contributed by atoms with Crippen molar-refractivity contribution in [3.05, 3.63) is 70.3 Å². The first-order chi connectivity index (χ1) is 10.8. The molecule has 2 aromatic carbocycles. The van der Waals surface area contributed by atoms with Crippen LogP contribution in [0, 0.1) is 0 Å². The van der Waals surface area contributed by atoms with Gasteiger partial charge in [0.25, 0.3) is 0 Å². The zero-order valence-electron chi connectivity index (χ0n) is 12.6. The minimum Gasteiger partial charge on any atom is -0.478 e. The van der Waals surface area contributed by atoms with Crippen molar-refractivity contribution in [3.8, 4) is 0 Å². The van der Waals surface area contributed by atoms with Crippen LogP contribution in [0.15, 0.2) is 42.5 Å². The molecule has 0 bridgehead atoms. The fraction of sp³-hybridized carbons (Fsp3) is 0.167. The number of carboxylic acids is 1. The molecule has 0 amide bonds. The monoisotopic (exact) mass is 310 g/mol. The van der Waals surface area contributed by atoms with Gasteiger partial charge in [0.1, 0.15) is 0 Å². The fourth-order valence-corrected chi connectivity index (χ4v) is 2.67. The molecule has 0 radical (unpaired) electrons. The maximum atomic E-state index is 11.7. The predicted octanol–water partition coefficient (Wildman–Crippen LogP) is 3.02. The molecule has 0 atom stereocenters. The average Bonchev–Trinajstić information content (AvgIpc) is 2.81. The molecule has 1 aliphatic rings. The minimum absolute atomic E-state index is 0.215. The van der Waals surface area contributed by atoms with Gasteiger partial charge in [0, 0.05) is 5.41 Å². The maximum absolute atomic E-state index is 11.7. The molecule has 5 nitrogen and oxygen atoms in total. The highest BCUT2D eigenvalue weighted by molar-refractivity contribution is 6.14. The largest absolute Gasteiger partial charge is 0.478 e. The normalized spacial score (nSPS) is 13.7. The second-order valence-electron chi connectivity index (χ2n) is 5.94. The van der Waals surface area contributed by atoms with E-state index in [1.54, 1.807) is 42.5 Å².